The molecule has 9 rings (SSSR count). The number of hydrogen-bond donors (Lipinski definition) is 0. The van der Waals surface area contributed by atoms with Crippen molar-refractivity contribution < 1.29 is 0 Å². The minimum absolute atomic E-state index is 0.00731. The smallest absolute Gasteiger partial charge is 0.200 e. The Bertz CT molecular complexity index is 1870. The van der Waals surface area contributed by atoms with Crippen molar-refractivity contribution in [1.82, 2.24) is 40.3 Å². The summed E-state index contributed by atoms with van der Waals surface area (Å²) in [5.74, 6) is 1.99. The van der Waals surface area contributed by atoms with Gasteiger partial charge in [-0.05, 0) is 48.6 Å². The Hall–Kier alpha value is -3.94. The lowest BCUT2D eigenvalue weighted by Crippen LogP contribution is -2.32. The van der Waals surface area contributed by atoms with Crippen LogP contribution in [0.3, 0.4) is 0 Å². The molecule has 4 heterocycles. The van der Waals surface area contributed by atoms with Crippen molar-refractivity contribution in [2.75, 3.05) is 0 Å². The summed E-state index contributed by atoms with van der Waals surface area (Å²) in [6.07, 6.45) is 4.58. The van der Waals surface area contributed by atoms with E-state index in [4.69, 9.17) is 30.1 Å². The van der Waals surface area contributed by atoms with E-state index in [1.54, 1.807) is 0 Å². The second kappa shape index (κ2) is 7.52. The van der Waals surface area contributed by atoms with E-state index >= 15 is 0 Å². The summed E-state index contributed by atoms with van der Waals surface area (Å²) >= 11 is 0. The van der Waals surface area contributed by atoms with Crippen LogP contribution in [0.15, 0.2) is 36.4 Å². The van der Waals surface area contributed by atoms with Gasteiger partial charge in [0.2, 0.25) is 11.6 Å². The molecule has 8 nitrogen and oxygen atoms in total. The third kappa shape index (κ3) is 2.75. The fraction of sp³-hybridized carbons (Fsp3) is 0.471. The fourth-order valence-electron chi connectivity index (χ4n) is 8.99. The first-order valence-electron chi connectivity index (χ1n) is 15.2. The molecule has 42 heavy (non-hydrogen) atoms. The highest BCUT2D eigenvalue weighted by Crippen LogP contribution is 2.67. The van der Waals surface area contributed by atoms with Crippen molar-refractivity contribution >= 4 is 21.8 Å². The van der Waals surface area contributed by atoms with Gasteiger partial charge in [0.05, 0.1) is 33.8 Å². The highest BCUT2D eigenvalue weighted by Gasteiger charge is 2.62. The van der Waals surface area contributed by atoms with Gasteiger partial charge in [-0.15, -0.1) is 10.2 Å². The number of hydrogen-bond acceptors (Lipinski definition) is 8. The minimum atomic E-state index is 0.00731. The maximum Gasteiger partial charge on any atom is 0.200 e. The van der Waals surface area contributed by atoms with E-state index < -0.39 is 0 Å². The predicted molar refractivity (Wildman–Crippen MR) is 161 cm³/mol. The van der Waals surface area contributed by atoms with Gasteiger partial charge < -0.3 is 0 Å². The monoisotopic (exact) mass is 554 g/mol. The lowest BCUT2D eigenvalue weighted by molar-refractivity contribution is 0.227. The number of pyridine rings is 2. The molecule has 4 bridgehead atoms. The SMILES string of the molecule is CC12CCC(c3nnc(-c4ccc5ccc6ccc(-c7nnc8c(n7)C7(C)CCC8C7(C)C)nc6c5n4)nc31)C2(C)C. The van der Waals surface area contributed by atoms with Crippen LogP contribution in [0.25, 0.3) is 44.8 Å². The normalized spacial score (nSPS) is 29.4. The Kier molecular flexibility index (Phi) is 4.41. The van der Waals surface area contributed by atoms with Crippen molar-refractivity contribution in [3.63, 3.8) is 0 Å². The topological polar surface area (TPSA) is 103 Å². The Balaban J connectivity index is 1.17. The molecule has 0 spiro atoms. The molecular formula is C34H34N8. The first-order chi connectivity index (χ1) is 20.0. The largest absolute Gasteiger partial charge is 0.242 e. The lowest BCUT2D eigenvalue weighted by Gasteiger charge is -2.34. The van der Waals surface area contributed by atoms with Gasteiger partial charge >= 0.3 is 0 Å². The molecule has 0 N–H and O–H groups in total. The van der Waals surface area contributed by atoms with E-state index in [0.29, 0.717) is 34.9 Å². The van der Waals surface area contributed by atoms with Gasteiger partial charge in [0, 0.05) is 33.4 Å². The molecule has 8 heteroatoms. The Labute approximate surface area is 244 Å². The maximum absolute atomic E-state index is 5.11. The van der Waals surface area contributed by atoms with Crippen molar-refractivity contribution in [3.8, 4) is 23.0 Å². The van der Waals surface area contributed by atoms with Crippen molar-refractivity contribution in [2.45, 2.75) is 89.9 Å². The van der Waals surface area contributed by atoms with Crippen LogP contribution in [0.5, 0.6) is 0 Å². The molecule has 5 aromatic rings. The average Bonchev–Trinajstić information content (AvgIpc) is 3.51. The van der Waals surface area contributed by atoms with Gasteiger partial charge in [-0.25, -0.2) is 19.9 Å². The van der Waals surface area contributed by atoms with E-state index in [1.165, 1.54) is 0 Å². The van der Waals surface area contributed by atoms with Gasteiger partial charge in [-0.1, -0.05) is 65.8 Å². The second-order valence-electron chi connectivity index (χ2n) is 14.6. The Morgan fingerprint density at radius 3 is 1.36 bits per heavy atom. The van der Waals surface area contributed by atoms with Crippen LogP contribution in [0.1, 0.15) is 102 Å². The number of aromatic nitrogens is 8. The first kappa shape index (κ1) is 24.6. The summed E-state index contributed by atoms with van der Waals surface area (Å²) in [4.78, 5) is 20.4. The van der Waals surface area contributed by atoms with E-state index in [9.17, 15) is 0 Å². The molecule has 1 aromatic carbocycles. The number of benzene rings is 1. The van der Waals surface area contributed by atoms with Gasteiger partial charge in [0.1, 0.15) is 11.4 Å². The molecule has 0 radical (unpaired) electrons. The summed E-state index contributed by atoms with van der Waals surface area (Å²) < 4.78 is 0. The minimum Gasteiger partial charge on any atom is -0.242 e. The van der Waals surface area contributed by atoms with Gasteiger partial charge in [0.15, 0.2) is 0 Å². The maximum atomic E-state index is 5.11. The second-order valence-corrected chi connectivity index (χ2v) is 14.6. The molecule has 2 fully saturated rings. The summed E-state index contributed by atoms with van der Waals surface area (Å²) in [5, 5.41) is 20.6. The van der Waals surface area contributed by atoms with E-state index in [-0.39, 0.29) is 21.7 Å². The molecule has 0 saturated heterocycles. The zero-order chi connectivity index (χ0) is 28.8. The van der Waals surface area contributed by atoms with Crippen LogP contribution in [0.4, 0.5) is 0 Å². The summed E-state index contributed by atoms with van der Waals surface area (Å²) in [7, 11) is 0. The highest BCUT2D eigenvalue weighted by atomic mass is 15.2. The number of fused-ring (bicyclic) bond motifs is 13. The average molecular weight is 555 g/mol. The zero-order valence-electron chi connectivity index (χ0n) is 25.0. The van der Waals surface area contributed by atoms with Gasteiger partial charge in [0.25, 0.3) is 0 Å². The quantitative estimate of drug-likeness (QED) is 0.219. The van der Waals surface area contributed by atoms with Crippen LogP contribution in [0, 0.1) is 10.8 Å². The summed E-state index contributed by atoms with van der Waals surface area (Å²) in [6, 6.07) is 12.3. The van der Waals surface area contributed by atoms with Crippen LogP contribution in [-0.2, 0) is 10.8 Å². The third-order valence-corrected chi connectivity index (χ3v) is 12.6. The number of nitrogens with zero attached hydrogens (tertiary/aromatic N) is 8. The molecule has 210 valence electrons. The first-order valence-corrected chi connectivity index (χ1v) is 15.2. The predicted octanol–water partition coefficient (Wildman–Crippen LogP) is 6.84. The molecule has 4 aliphatic carbocycles. The molecule has 2 saturated carbocycles. The Morgan fingerprint density at radius 1 is 0.524 bits per heavy atom. The summed E-state index contributed by atoms with van der Waals surface area (Å²) in [6.45, 7) is 14.1. The molecular weight excluding hydrogens is 520 g/mol. The van der Waals surface area contributed by atoms with Crippen LogP contribution >= 0.6 is 0 Å². The molecule has 0 aliphatic heterocycles. The molecule has 4 unspecified atom stereocenters. The molecule has 4 aliphatic rings. The third-order valence-electron chi connectivity index (χ3n) is 12.6. The Morgan fingerprint density at radius 2 is 0.929 bits per heavy atom. The fourth-order valence-corrected chi connectivity index (χ4v) is 8.99. The lowest BCUT2D eigenvalue weighted by atomic mass is 9.70. The van der Waals surface area contributed by atoms with E-state index in [2.05, 4.69) is 76.0 Å². The van der Waals surface area contributed by atoms with Gasteiger partial charge in [-0.2, -0.15) is 10.2 Å². The standard InChI is InChI=1S/C34H34N8/c1-31(2)19-13-15-33(31,5)27-25(19)39-41-29(37-27)21-11-9-17-7-8-18-10-12-22(36-24(18)23(17)35-21)30-38-28-26(40-42-30)20-14-16-34(28,6)32(20,3)4/h7-12,19-20H,13-16H2,1-6H3. The van der Waals surface area contributed by atoms with Crippen molar-refractivity contribution in [1.29, 1.82) is 0 Å². The van der Waals surface area contributed by atoms with Crippen LogP contribution < -0.4 is 0 Å². The van der Waals surface area contributed by atoms with Crippen LogP contribution in [-0.4, -0.2) is 40.3 Å². The summed E-state index contributed by atoms with van der Waals surface area (Å²) in [5.41, 5.74) is 7.66. The molecule has 0 amide bonds. The van der Waals surface area contributed by atoms with E-state index in [0.717, 1.165) is 70.3 Å². The molecule has 4 aromatic heterocycles. The molecule has 4 atom stereocenters. The van der Waals surface area contributed by atoms with E-state index in [1.807, 2.05) is 12.1 Å². The van der Waals surface area contributed by atoms with Crippen molar-refractivity contribution in [3.05, 3.63) is 59.2 Å². The zero-order valence-corrected chi connectivity index (χ0v) is 25.0. The van der Waals surface area contributed by atoms with Gasteiger partial charge in [-0.3, -0.25) is 0 Å². The number of rotatable bonds is 2. The van der Waals surface area contributed by atoms with Crippen molar-refractivity contribution in [2.24, 2.45) is 10.8 Å². The highest BCUT2D eigenvalue weighted by molar-refractivity contribution is 6.03. The van der Waals surface area contributed by atoms with Crippen LogP contribution in [0.2, 0.25) is 0 Å².